The Morgan fingerprint density at radius 1 is 1.03 bits per heavy atom. The van der Waals surface area contributed by atoms with Crippen molar-refractivity contribution in [3.05, 3.63) is 60.9 Å². The molecule has 1 fully saturated rings. The zero-order chi connectivity index (χ0) is 23.0. The zero-order valence-electron chi connectivity index (χ0n) is 19.3. The molecule has 7 heteroatoms. The van der Waals surface area contributed by atoms with E-state index in [-0.39, 0.29) is 12.1 Å². The van der Waals surface area contributed by atoms with Crippen molar-refractivity contribution < 1.29 is 9.53 Å². The summed E-state index contributed by atoms with van der Waals surface area (Å²) in [6.45, 7) is 7.33. The highest BCUT2D eigenvalue weighted by Crippen LogP contribution is 2.29. The lowest BCUT2D eigenvalue weighted by Crippen LogP contribution is -2.46. The molecule has 0 aliphatic carbocycles. The van der Waals surface area contributed by atoms with Gasteiger partial charge in [-0.2, -0.15) is 0 Å². The predicted molar refractivity (Wildman–Crippen MR) is 131 cm³/mol. The fourth-order valence-corrected chi connectivity index (χ4v) is 4.39. The molecule has 0 spiro atoms. The first kappa shape index (κ1) is 21.2. The largest absolute Gasteiger partial charge is 0.444 e. The molecule has 0 saturated carbocycles. The predicted octanol–water partition coefficient (Wildman–Crippen LogP) is 5.07. The van der Waals surface area contributed by atoms with E-state index in [1.165, 1.54) is 0 Å². The lowest BCUT2D eigenvalue weighted by Gasteiger charge is -2.34. The maximum absolute atomic E-state index is 12.1. The van der Waals surface area contributed by atoms with E-state index in [4.69, 9.17) is 9.72 Å². The SMILES string of the molecule is CC(C)(C)OC(=O)NC1CCN(c2cccc3ccc(-n4cnc5ccccc54)nc23)CC1. The fraction of sp³-hybridized carbons (Fsp3) is 0.346. The lowest BCUT2D eigenvalue weighted by atomic mass is 10.0. The van der Waals surface area contributed by atoms with Crippen LogP contribution in [0.15, 0.2) is 60.9 Å². The number of carbonyl (C=O) groups is 1. The first-order chi connectivity index (χ1) is 15.9. The molecule has 170 valence electrons. The van der Waals surface area contributed by atoms with Gasteiger partial charge in [-0.05, 0) is 63.9 Å². The van der Waals surface area contributed by atoms with Gasteiger partial charge in [-0.3, -0.25) is 4.57 Å². The van der Waals surface area contributed by atoms with Crippen LogP contribution in [0, 0.1) is 0 Å². The Kier molecular flexibility index (Phi) is 5.40. The Labute approximate surface area is 193 Å². The minimum atomic E-state index is -0.488. The number of benzene rings is 2. The number of hydrogen-bond donors (Lipinski definition) is 1. The van der Waals surface area contributed by atoms with Crippen molar-refractivity contribution in [1.29, 1.82) is 0 Å². The number of fused-ring (bicyclic) bond motifs is 2. The molecule has 0 bridgehead atoms. The zero-order valence-corrected chi connectivity index (χ0v) is 19.3. The molecule has 33 heavy (non-hydrogen) atoms. The summed E-state index contributed by atoms with van der Waals surface area (Å²) in [5.41, 5.74) is 3.60. The van der Waals surface area contributed by atoms with Crippen LogP contribution in [0.5, 0.6) is 0 Å². The molecule has 0 atom stereocenters. The number of carbonyl (C=O) groups excluding carboxylic acids is 1. The molecular formula is C26H29N5O2. The highest BCUT2D eigenvalue weighted by atomic mass is 16.6. The normalized spacial score (nSPS) is 15.2. The van der Waals surface area contributed by atoms with E-state index < -0.39 is 5.60 Å². The smallest absolute Gasteiger partial charge is 0.407 e. The van der Waals surface area contributed by atoms with Gasteiger partial charge in [0, 0.05) is 24.5 Å². The molecule has 1 aliphatic rings. The molecule has 1 amide bonds. The Hall–Kier alpha value is -3.61. The number of piperidine rings is 1. The van der Waals surface area contributed by atoms with Crippen LogP contribution in [0.3, 0.4) is 0 Å². The van der Waals surface area contributed by atoms with E-state index in [9.17, 15) is 4.79 Å². The molecule has 1 N–H and O–H groups in total. The third-order valence-electron chi connectivity index (χ3n) is 5.94. The van der Waals surface area contributed by atoms with Gasteiger partial charge in [0.1, 0.15) is 17.7 Å². The number of nitrogens with zero attached hydrogens (tertiary/aromatic N) is 4. The van der Waals surface area contributed by atoms with Gasteiger partial charge in [0.05, 0.1) is 22.2 Å². The van der Waals surface area contributed by atoms with Gasteiger partial charge in [-0.15, -0.1) is 0 Å². The molecule has 0 radical (unpaired) electrons. The topological polar surface area (TPSA) is 72.3 Å². The number of aromatic nitrogens is 3. The van der Waals surface area contributed by atoms with Crippen molar-refractivity contribution in [2.75, 3.05) is 18.0 Å². The van der Waals surface area contributed by atoms with Crippen LogP contribution in [-0.4, -0.2) is 45.4 Å². The third-order valence-corrected chi connectivity index (χ3v) is 5.94. The monoisotopic (exact) mass is 443 g/mol. The van der Waals surface area contributed by atoms with Crippen molar-refractivity contribution in [3.63, 3.8) is 0 Å². The summed E-state index contributed by atoms with van der Waals surface area (Å²) in [6, 6.07) is 18.7. The van der Waals surface area contributed by atoms with Gasteiger partial charge in [0.25, 0.3) is 0 Å². The number of anilines is 1. The Morgan fingerprint density at radius 2 is 1.82 bits per heavy atom. The van der Waals surface area contributed by atoms with Crippen LogP contribution in [0.1, 0.15) is 33.6 Å². The number of alkyl carbamates (subject to hydrolysis) is 1. The summed E-state index contributed by atoms with van der Waals surface area (Å²) in [7, 11) is 0. The first-order valence-electron chi connectivity index (χ1n) is 11.4. The molecule has 7 nitrogen and oxygen atoms in total. The van der Waals surface area contributed by atoms with Crippen LogP contribution in [-0.2, 0) is 4.74 Å². The van der Waals surface area contributed by atoms with E-state index in [0.717, 1.165) is 59.4 Å². The number of nitrogens with one attached hydrogen (secondary N) is 1. The first-order valence-corrected chi connectivity index (χ1v) is 11.4. The molecule has 5 rings (SSSR count). The van der Waals surface area contributed by atoms with E-state index in [2.05, 4.69) is 45.5 Å². The van der Waals surface area contributed by atoms with Gasteiger partial charge in [0.2, 0.25) is 0 Å². The second kappa shape index (κ2) is 8.39. The van der Waals surface area contributed by atoms with Crippen molar-refractivity contribution in [3.8, 4) is 5.82 Å². The number of ether oxygens (including phenoxy) is 1. The van der Waals surface area contributed by atoms with Crippen molar-refractivity contribution >= 4 is 33.7 Å². The van der Waals surface area contributed by atoms with Crippen LogP contribution < -0.4 is 10.2 Å². The minimum Gasteiger partial charge on any atom is -0.444 e. The minimum absolute atomic E-state index is 0.118. The average molecular weight is 444 g/mol. The van der Waals surface area contributed by atoms with Crippen molar-refractivity contribution in [1.82, 2.24) is 19.9 Å². The van der Waals surface area contributed by atoms with E-state index in [1.807, 2.05) is 55.9 Å². The van der Waals surface area contributed by atoms with Crippen LogP contribution in [0.4, 0.5) is 10.5 Å². The number of hydrogen-bond acceptors (Lipinski definition) is 5. The average Bonchev–Trinajstić information content (AvgIpc) is 3.22. The summed E-state index contributed by atoms with van der Waals surface area (Å²) in [6.07, 6.45) is 3.21. The van der Waals surface area contributed by atoms with Crippen molar-refractivity contribution in [2.24, 2.45) is 0 Å². The van der Waals surface area contributed by atoms with Crippen LogP contribution in [0.2, 0.25) is 0 Å². The lowest BCUT2D eigenvalue weighted by molar-refractivity contribution is 0.0497. The number of amides is 1. The molecule has 0 unspecified atom stereocenters. The van der Waals surface area contributed by atoms with Gasteiger partial charge in [-0.25, -0.2) is 14.8 Å². The summed E-state index contributed by atoms with van der Waals surface area (Å²) >= 11 is 0. The summed E-state index contributed by atoms with van der Waals surface area (Å²) < 4.78 is 7.44. The van der Waals surface area contributed by atoms with Gasteiger partial charge >= 0.3 is 6.09 Å². The van der Waals surface area contributed by atoms with Crippen LogP contribution >= 0.6 is 0 Å². The summed E-state index contributed by atoms with van der Waals surface area (Å²) in [5, 5.41) is 4.12. The van der Waals surface area contributed by atoms with Crippen LogP contribution in [0.25, 0.3) is 27.8 Å². The molecule has 4 aromatic rings. The third kappa shape index (κ3) is 4.49. The fourth-order valence-electron chi connectivity index (χ4n) is 4.39. The van der Waals surface area contributed by atoms with Gasteiger partial charge in [-0.1, -0.05) is 24.3 Å². The van der Waals surface area contributed by atoms with Gasteiger partial charge < -0.3 is 15.0 Å². The summed E-state index contributed by atoms with van der Waals surface area (Å²) in [5.74, 6) is 0.852. The van der Waals surface area contributed by atoms with Gasteiger partial charge in [0.15, 0.2) is 0 Å². The number of rotatable bonds is 3. The maximum Gasteiger partial charge on any atom is 0.407 e. The molecule has 3 heterocycles. The highest BCUT2D eigenvalue weighted by Gasteiger charge is 2.24. The molecule has 2 aromatic heterocycles. The quantitative estimate of drug-likeness (QED) is 0.479. The second-order valence-electron chi connectivity index (χ2n) is 9.53. The molecule has 1 saturated heterocycles. The standard InChI is InChI=1S/C26H29N5O2/c1-26(2,3)33-25(32)28-19-13-15-30(16-14-19)22-10-6-7-18-11-12-23(29-24(18)22)31-17-27-20-8-4-5-9-21(20)31/h4-12,17,19H,13-16H2,1-3H3,(H,28,32). The number of imidazole rings is 1. The highest BCUT2D eigenvalue weighted by molar-refractivity contribution is 5.92. The Morgan fingerprint density at radius 3 is 2.61 bits per heavy atom. The molecule has 2 aromatic carbocycles. The van der Waals surface area contributed by atoms with Crippen molar-refractivity contribution in [2.45, 2.75) is 45.3 Å². The van der Waals surface area contributed by atoms with E-state index >= 15 is 0 Å². The summed E-state index contributed by atoms with van der Waals surface area (Å²) in [4.78, 5) is 24.0. The number of pyridine rings is 1. The Bertz CT molecular complexity index is 1300. The maximum atomic E-state index is 12.1. The second-order valence-corrected chi connectivity index (χ2v) is 9.53. The van der Waals surface area contributed by atoms with E-state index in [1.54, 1.807) is 0 Å². The molecular weight excluding hydrogens is 414 g/mol. The number of para-hydroxylation sites is 3. The van der Waals surface area contributed by atoms with E-state index in [0.29, 0.717) is 0 Å². The Balaban J connectivity index is 1.37. The molecule has 1 aliphatic heterocycles.